The highest BCUT2D eigenvalue weighted by Crippen LogP contribution is 2.40. The number of nitrogen functional groups attached to an aromatic ring is 1. The van der Waals surface area contributed by atoms with E-state index in [2.05, 4.69) is 43.2 Å². The zero-order valence-electron chi connectivity index (χ0n) is 19.7. The number of carbonyl (C=O) groups is 1. The molecule has 4 heterocycles. The molecule has 4 aromatic rings. The van der Waals surface area contributed by atoms with Crippen molar-refractivity contribution in [1.29, 1.82) is 0 Å². The van der Waals surface area contributed by atoms with Gasteiger partial charge < -0.3 is 16.4 Å². The second-order valence-corrected chi connectivity index (χ2v) is 9.67. The maximum Gasteiger partial charge on any atom is 0.227 e. The van der Waals surface area contributed by atoms with Crippen molar-refractivity contribution in [3.8, 4) is 0 Å². The standard InChI is InChI=1S/C27H29N7O/c1-16-6-11-20(15-30-16)31-27(35)18-9-7-17(8-10-18)26-33-23(24-25(28)29-12-13-34(24)26)22-14-19-4-2-3-5-21(19)32-22/h2-6,11-13,15,17-18,22,32H,7-10,14H2,1H3,(H2,28,29)(H,31,35)/t17-,18-,22?. The number of imidazole rings is 1. The lowest BCUT2D eigenvalue weighted by molar-refractivity contribution is -0.120. The first-order chi connectivity index (χ1) is 17.1. The minimum Gasteiger partial charge on any atom is -0.382 e. The van der Waals surface area contributed by atoms with Gasteiger partial charge in [0.2, 0.25) is 5.91 Å². The lowest BCUT2D eigenvalue weighted by Gasteiger charge is -2.27. The fraction of sp³-hybridized carbons (Fsp3) is 0.333. The molecule has 8 nitrogen and oxygen atoms in total. The molecule has 1 saturated carbocycles. The molecule has 0 bridgehead atoms. The average molecular weight is 468 g/mol. The van der Waals surface area contributed by atoms with E-state index in [0.717, 1.165) is 66.2 Å². The van der Waals surface area contributed by atoms with Crippen molar-refractivity contribution in [3.63, 3.8) is 0 Å². The number of anilines is 3. The Morgan fingerprint density at radius 2 is 1.94 bits per heavy atom. The highest BCUT2D eigenvalue weighted by Gasteiger charge is 2.33. The van der Waals surface area contributed by atoms with Crippen LogP contribution in [0.15, 0.2) is 55.0 Å². The Morgan fingerprint density at radius 1 is 1.11 bits per heavy atom. The second-order valence-electron chi connectivity index (χ2n) is 9.67. The van der Waals surface area contributed by atoms with E-state index in [0.29, 0.717) is 5.82 Å². The van der Waals surface area contributed by atoms with Gasteiger partial charge in [-0.3, -0.25) is 14.2 Å². The van der Waals surface area contributed by atoms with E-state index < -0.39 is 0 Å². The molecule has 1 amide bonds. The highest BCUT2D eigenvalue weighted by atomic mass is 16.1. The fourth-order valence-corrected chi connectivity index (χ4v) is 5.51. The minimum atomic E-state index is -0.00372. The fourth-order valence-electron chi connectivity index (χ4n) is 5.51. The van der Waals surface area contributed by atoms with Crippen molar-refractivity contribution in [3.05, 3.63) is 77.8 Å². The topological polar surface area (TPSA) is 110 Å². The molecule has 178 valence electrons. The zero-order valence-corrected chi connectivity index (χ0v) is 19.7. The van der Waals surface area contributed by atoms with E-state index in [9.17, 15) is 4.79 Å². The molecule has 1 aromatic carbocycles. The van der Waals surface area contributed by atoms with Gasteiger partial charge in [-0.05, 0) is 56.4 Å². The number of hydrogen-bond donors (Lipinski definition) is 3. The lowest BCUT2D eigenvalue weighted by Crippen LogP contribution is -2.27. The monoisotopic (exact) mass is 467 g/mol. The van der Waals surface area contributed by atoms with Crippen molar-refractivity contribution < 1.29 is 4.79 Å². The average Bonchev–Trinajstić information content (AvgIpc) is 3.48. The third-order valence-corrected chi connectivity index (χ3v) is 7.38. The van der Waals surface area contributed by atoms with Crippen molar-refractivity contribution >= 4 is 28.6 Å². The van der Waals surface area contributed by atoms with Crippen LogP contribution in [0.25, 0.3) is 5.52 Å². The third kappa shape index (κ3) is 3.99. The second kappa shape index (κ2) is 8.69. The first kappa shape index (κ1) is 21.6. The maximum absolute atomic E-state index is 12.8. The van der Waals surface area contributed by atoms with E-state index in [4.69, 9.17) is 10.7 Å². The smallest absolute Gasteiger partial charge is 0.227 e. The molecule has 1 aliphatic heterocycles. The molecule has 2 aliphatic rings. The van der Waals surface area contributed by atoms with Gasteiger partial charge in [-0.1, -0.05) is 18.2 Å². The first-order valence-electron chi connectivity index (χ1n) is 12.3. The summed E-state index contributed by atoms with van der Waals surface area (Å²) in [6.45, 7) is 1.93. The van der Waals surface area contributed by atoms with Gasteiger partial charge >= 0.3 is 0 Å². The normalized spacial score (nSPS) is 21.5. The molecular formula is C27H29N7O. The number of fused-ring (bicyclic) bond motifs is 2. The Labute approximate surface area is 204 Å². The van der Waals surface area contributed by atoms with Crippen LogP contribution in [0.5, 0.6) is 0 Å². The predicted octanol–water partition coefficient (Wildman–Crippen LogP) is 4.64. The SMILES string of the molecule is Cc1ccc(NC(=O)[C@H]2CC[C@H](c3nc(C4Cc5ccccc5N4)c4c(N)nccn43)CC2)cn1. The Hall–Kier alpha value is -3.94. The van der Waals surface area contributed by atoms with Gasteiger partial charge in [0.25, 0.3) is 0 Å². The predicted molar refractivity (Wildman–Crippen MR) is 136 cm³/mol. The summed E-state index contributed by atoms with van der Waals surface area (Å²) in [5.74, 6) is 1.86. The van der Waals surface area contributed by atoms with Crippen LogP contribution in [-0.4, -0.2) is 25.3 Å². The van der Waals surface area contributed by atoms with Gasteiger partial charge in [0.1, 0.15) is 17.2 Å². The highest BCUT2D eigenvalue weighted by molar-refractivity contribution is 5.92. The summed E-state index contributed by atoms with van der Waals surface area (Å²) in [6, 6.07) is 12.2. The van der Waals surface area contributed by atoms with Crippen LogP contribution >= 0.6 is 0 Å². The molecule has 1 aliphatic carbocycles. The summed E-state index contributed by atoms with van der Waals surface area (Å²) in [4.78, 5) is 26.6. The van der Waals surface area contributed by atoms with Crippen LogP contribution in [0.2, 0.25) is 0 Å². The number of nitrogens with one attached hydrogen (secondary N) is 2. The number of carbonyl (C=O) groups excluding carboxylic acids is 1. The van der Waals surface area contributed by atoms with Gasteiger partial charge in [-0.2, -0.15) is 0 Å². The van der Waals surface area contributed by atoms with Gasteiger partial charge in [0, 0.05) is 42.0 Å². The van der Waals surface area contributed by atoms with Gasteiger partial charge in [-0.15, -0.1) is 0 Å². The number of para-hydroxylation sites is 1. The van der Waals surface area contributed by atoms with Crippen molar-refractivity contribution in [2.24, 2.45) is 5.92 Å². The molecule has 6 rings (SSSR count). The number of rotatable bonds is 4. The van der Waals surface area contributed by atoms with E-state index in [1.165, 1.54) is 5.56 Å². The number of hydrogen-bond acceptors (Lipinski definition) is 6. The third-order valence-electron chi connectivity index (χ3n) is 7.38. The number of nitrogens with two attached hydrogens (primary N) is 1. The molecule has 1 unspecified atom stereocenters. The van der Waals surface area contributed by atoms with E-state index in [-0.39, 0.29) is 23.8 Å². The number of aromatic nitrogens is 4. The molecule has 0 saturated heterocycles. The zero-order chi connectivity index (χ0) is 23.9. The molecule has 4 N–H and O–H groups in total. The Kier molecular flexibility index (Phi) is 5.36. The maximum atomic E-state index is 12.8. The molecule has 3 aromatic heterocycles. The van der Waals surface area contributed by atoms with Crippen LogP contribution < -0.4 is 16.4 Å². The number of pyridine rings is 1. The largest absolute Gasteiger partial charge is 0.382 e. The van der Waals surface area contributed by atoms with Gasteiger partial charge in [0.15, 0.2) is 0 Å². The van der Waals surface area contributed by atoms with Crippen LogP contribution in [0, 0.1) is 12.8 Å². The lowest BCUT2D eigenvalue weighted by atomic mass is 9.81. The molecular weight excluding hydrogens is 438 g/mol. The summed E-state index contributed by atoms with van der Waals surface area (Å²) < 4.78 is 2.12. The summed E-state index contributed by atoms with van der Waals surface area (Å²) >= 11 is 0. The number of benzene rings is 1. The summed E-state index contributed by atoms with van der Waals surface area (Å²) in [7, 11) is 0. The molecule has 35 heavy (non-hydrogen) atoms. The Morgan fingerprint density at radius 3 is 2.71 bits per heavy atom. The molecule has 1 atom stereocenters. The van der Waals surface area contributed by atoms with Crippen LogP contribution in [-0.2, 0) is 11.2 Å². The molecule has 0 spiro atoms. The Balaban J connectivity index is 1.21. The number of aryl methyl sites for hydroxylation is 1. The molecule has 0 radical (unpaired) electrons. The van der Waals surface area contributed by atoms with E-state index in [1.54, 1.807) is 12.4 Å². The quantitative estimate of drug-likeness (QED) is 0.403. The summed E-state index contributed by atoms with van der Waals surface area (Å²) in [6.07, 6.45) is 9.75. The molecule has 8 heteroatoms. The Bertz CT molecular complexity index is 1360. The summed E-state index contributed by atoms with van der Waals surface area (Å²) in [5.41, 5.74) is 12.3. The number of amides is 1. The van der Waals surface area contributed by atoms with Crippen molar-refractivity contribution in [1.82, 2.24) is 19.4 Å². The minimum absolute atomic E-state index is 0.00372. The summed E-state index contributed by atoms with van der Waals surface area (Å²) in [5, 5.41) is 6.64. The van der Waals surface area contributed by atoms with Gasteiger partial charge in [-0.25, -0.2) is 9.97 Å². The van der Waals surface area contributed by atoms with Crippen LogP contribution in [0.4, 0.5) is 17.2 Å². The van der Waals surface area contributed by atoms with Crippen LogP contribution in [0.1, 0.15) is 60.4 Å². The number of nitrogens with zero attached hydrogens (tertiary/aromatic N) is 4. The first-order valence-corrected chi connectivity index (χ1v) is 12.3. The van der Waals surface area contributed by atoms with Gasteiger partial charge in [0.05, 0.1) is 23.6 Å². The van der Waals surface area contributed by atoms with E-state index in [1.807, 2.05) is 31.3 Å². The van der Waals surface area contributed by atoms with Crippen molar-refractivity contribution in [2.75, 3.05) is 16.4 Å². The van der Waals surface area contributed by atoms with Crippen molar-refractivity contribution in [2.45, 2.75) is 51.0 Å². The van der Waals surface area contributed by atoms with E-state index >= 15 is 0 Å². The molecule has 1 fully saturated rings. The van der Waals surface area contributed by atoms with Crippen LogP contribution in [0.3, 0.4) is 0 Å².